The van der Waals surface area contributed by atoms with Crippen LogP contribution in [0.25, 0.3) is 0 Å². The number of anilines is 2. The molecule has 0 saturated heterocycles. The Morgan fingerprint density at radius 3 is 2.85 bits per heavy atom. The number of nitrogens with zero attached hydrogens (tertiary/aromatic N) is 4. The van der Waals surface area contributed by atoms with E-state index in [0.717, 1.165) is 23.5 Å². The van der Waals surface area contributed by atoms with Crippen LogP contribution in [0.15, 0.2) is 24.5 Å². The highest BCUT2D eigenvalue weighted by Gasteiger charge is 2.11. The molecule has 0 fully saturated rings. The molecule has 0 aliphatic rings. The number of nitrogens with one attached hydrogen (secondary N) is 1. The Hall–Kier alpha value is -2.37. The molecule has 0 unspecified atom stereocenters. The van der Waals surface area contributed by atoms with E-state index in [2.05, 4.69) is 22.3 Å². The smallest absolute Gasteiger partial charge is 0.272 e. The molecule has 2 aromatic rings. The van der Waals surface area contributed by atoms with Gasteiger partial charge in [-0.05, 0) is 18.6 Å². The molecule has 106 valence electrons. The maximum Gasteiger partial charge on any atom is 0.272 e. The maximum atomic E-state index is 11.9. The standard InChI is InChI=1S/C14H19N5O/c1-5-11-13(9-19(4)17-11)16-10-6-7-15-12(8-10)14(20)18(2)3/h6-9H,5H2,1-4H3,(H,15,16). The van der Waals surface area contributed by atoms with Crippen molar-refractivity contribution < 1.29 is 4.79 Å². The Bertz CT molecular complexity index is 618. The summed E-state index contributed by atoms with van der Waals surface area (Å²) < 4.78 is 1.77. The Balaban J connectivity index is 2.25. The van der Waals surface area contributed by atoms with Gasteiger partial charge < -0.3 is 10.2 Å². The Labute approximate surface area is 118 Å². The Kier molecular flexibility index (Phi) is 4.02. The Morgan fingerprint density at radius 1 is 1.45 bits per heavy atom. The molecule has 20 heavy (non-hydrogen) atoms. The van der Waals surface area contributed by atoms with Crippen LogP contribution in [-0.2, 0) is 13.5 Å². The van der Waals surface area contributed by atoms with E-state index < -0.39 is 0 Å². The number of aryl methyl sites for hydroxylation is 2. The lowest BCUT2D eigenvalue weighted by atomic mass is 10.2. The van der Waals surface area contributed by atoms with E-state index in [-0.39, 0.29) is 5.91 Å². The van der Waals surface area contributed by atoms with E-state index in [1.54, 1.807) is 31.0 Å². The number of amides is 1. The molecule has 1 amide bonds. The molecule has 1 N–H and O–H groups in total. The van der Waals surface area contributed by atoms with Gasteiger partial charge in [-0.2, -0.15) is 5.10 Å². The molecule has 0 aliphatic carbocycles. The SMILES string of the molecule is CCc1nn(C)cc1Nc1ccnc(C(=O)N(C)C)c1. The zero-order valence-corrected chi connectivity index (χ0v) is 12.2. The summed E-state index contributed by atoms with van der Waals surface area (Å²) in [5.41, 5.74) is 3.18. The number of pyridine rings is 1. The van der Waals surface area contributed by atoms with Crippen molar-refractivity contribution in [3.05, 3.63) is 35.9 Å². The lowest BCUT2D eigenvalue weighted by molar-refractivity contribution is 0.0822. The fourth-order valence-corrected chi connectivity index (χ4v) is 1.91. The van der Waals surface area contributed by atoms with Gasteiger partial charge >= 0.3 is 0 Å². The first-order chi connectivity index (χ1) is 9.51. The first-order valence-corrected chi connectivity index (χ1v) is 6.48. The van der Waals surface area contributed by atoms with Crippen molar-refractivity contribution in [3.63, 3.8) is 0 Å². The second-order valence-electron chi connectivity index (χ2n) is 4.77. The van der Waals surface area contributed by atoms with Crippen molar-refractivity contribution in [3.8, 4) is 0 Å². The van der Waals surface area contributed by atoms with Crippen molar-refractivity contribution in [2.24, 2.45) is 7.05 Å². The highest BCUT2D eigenvalue weighted by molar-refractivity contribution is 5.92. The van der Waals surface area contributed by atoms with Crippen LogP contribution in [0.1, 0.15) is 23.1 Å². The van der Waals surface area contributed by atoms with Gasteiger partial charge in [0.1, 0.15) is 5.69 Å². The van der Waals surface area contributed by atoms with E-state index in [1.807, 2.05) is 19.3 Å². The third-order valence-corrected chi connectivity index (χ3v) is 2.90. The number of rotatable bonds is 4. The van der Waals surface area contributed by atoms with Crippen LogP contribution in [0.4, 0.5) is 11.4 Å². The molecule has 2 heterocycles. The number of carbonyl (C=O) groups is 1. The van der Waals surface area contributed by atoms with E-state index in [9.17, 15) is 4.79 Å². The molecule has 0 aromatic carbocycles. The summed E-state index contributed by atoms with van der Waals surface area (Å²) in [6.45, 7) is 2.06. The molecule has 2 aromatic heterocycles. The summed E-state index contributed by atoms with van der Waals surface area (Å²) in [4.78, 5) is 17.5. The average Bonchev–Trinajstić information content (AvgIpc) is 2.78. The normalized spacial score (nSPS) is 10.4. The highest BCUT2D eigenvalue weighted by Crippen LogP contribution is 2.20. The van der Waals surface area contributed by atoms with E-state index in [0.29, 0.717) is 5.69 Å². The maximum absolute atomic E-state index is 11.9. The molecule has 0 saturated carbocycles. The summed E-state index contributed by atoms with van der Waals surface area (Å²) in [6, 6.07) is 3.58. The van der Waals surface area contributed by atoms with Gasteiger partial charge in [-0.15, -0.1) is 0 Å². The first kappa shape index (κ1) is 14.0. The fourth-order valence-electron chi connectivity index (χ4n) is 1.91. The van der Waals surface area contributed by atoms with Gasteiger partial charge in [-0.25, -0.2) is 0 Å². The molecule has 0 bridgehead atoms. The lowest BCUT2D eigenvalue weighted by Gasteiger charge is -2.11. The largest absolute Gasteiger partial charge is 0.353 e. The van der Waals surface area contributed by atoms with Crippen LogP contribution in [0.5, 0.6) is 0 Å². The Morgan fingerprint density at radius 2 is 2.20 bits per heavy atom. The quantitative estimate of drug-likeness (QED) is 0.923. The molecule has 2 rings (SSSR count). The van der Waals surface area contributed by atoms with Crippen molar-refractivity contribution in [1.82, 2.24) is 19.7 Å². The zero-order chi connectivity index (χ0) is 14.7. The van der Waals surface area contributed by atoms with Gasteiger partial charge in [-0.3, -0.25) is 14.5 Å². The van der Waals surface area contributed by atoms with Gasteiger partial charge in [0.15, 0.2) is 0 Å². The average molecular weight is 273 g/mol. The summed E-state index contributed by atoms with van der Waals surface area (Å²) in [7, 11) is 5.30. The summed E-state index contributed by atoms with van der Waals surface area (Å²) in [5.74, 6) is -0.115. The highest BCUT2D eigenvalue weighted by atomic mass is 16.2. The summed E-state index contributed by atoms with van der Waals surface area (Å²) >= 11 is 0. The topological polar surface area (TPSA) is 63.1 Å². The summed E-state index contributed by atoms with van der Waals surface area (Å²) in [5, 5.41) is 7.66. The van der Waals surface area contributed by atoms with Crippen molar-refractivity contribution in [1.29, 1.82) is 0 Å². The number of hydrogen-bond donors (Lipinski definition) is 1. The predicted octanol–water partition coefficient (Wildman–Crippen LogP) is 1.82. The van der Waals surface area contributed by atoms with Crippen LogP contribution < -0.4 is 5.32 Å². The third-order valence-electron chi connectivity index (χ3n) is 2.90. The molecule has 0 atom stereocenters. The fraction of sp³-hybridized carbons (Fsp3) is 0.357. The number of aromatic nitrogens is 3. The molecule has 6 nitrogen and oxygen atoms in total. The number of hydrogen-bond acceptors (Lipinski definition) is 4. The van der Waals surface area contributed by atoms with Crippen molar-refractivity contribution in [2.75, 3.05) is 19.4 Å². The summed E-state index contributed by atoms with van der Waals surface area (Å²) in [6.07, 6.45) is 4.39. The van der Waals surface area contributed by atoms with Gasteiger partial charge in [-0.1, -0.05) is 6.92 Å². The zero-order valence-electron chi connectivity index (χ0n) is 12.2. The van der Waals surface area contributed by atoms with Crippen molar-refractivity contribution >= 4 is 17.3 Å². The van der Waals surface area contributed by atoms with Crippen LogP contribution in [-0.4, -0.2) is 39.7 Å². The van der Waals surface area contributed by atoms with Crippen LogP contribution >= 0.6 is 0 Å². The molecule has 0 spiro atoms. The second kappa shape index (κ2) is 5.73. The van der Waals surface area contributed by atoms with Gasteiger partial charge in [0.2, 0.25) is 0 Å². The minimum atomic E-state index is -0.115. The second-order valence-corrected chi connectivity index (χ2v) is 4.77. The monoisotopic (exact) mass is 273 g/mol. The van der Waals surface area contributed by atoms with Crippen LogP contribution in [0.2, 0.25) is 0 Å². The van der Waals surface area contributed by atoms with Crippen LogP contribution in [0, 0.1) is 0 Å². The predicted molar refractivity (Wildman–Crippen MR) is 78.1 cm³/mol. The minimum Gasteiger partial charge on any atom is -0.353 e. The van der Waals surface area contributed by atoms with Gasteiger partial charge in [0.25, 0.3) is 5.91 Å². The molecular formula is C14H19N5O. The minimum absolute atomic E-state index is 0.115. The van der Waals surface area contributed by atoms with Gasteiger partial charge in [0, 0.05) is 39.2 Å². The van der Waals surface area contributed by atoms with Gasteiger partial charge in [0.05, 0.1) is 11.4 Å². The van der Waals surface area contributed by atoms with E-state index in [4.69, 9.17) is 0 Å². The van der Waals surface area contributed by atoms with Crippen LogP contribution in [0.3, 0.4) is 0 Å². The van der Waals surface area contributed by atoms with E-state index in [1.165, 1.54) is 4.90 Å². The molecule has 6 heteroatoms. The molecule has 0 aliphatic heterocycles. The van der Waals surface area contributed by atoms with E-state index >= 15 is 0 Å². The number of carbonyl (C=O) groups excluding carboxylic acids is 1. The lowest BCUT2D eigenvalue weighted by Crippen LogP contribution is -2.22. The first-order valence-electron chi connectivity index (χ1n) is 6.48. The molecular weight excluding hydrogens is 254 g/mol. The van der Waals surface area contributed by atoms with Crippen molar-refractivity contribution in [2.45, 2.75) is 13.3 Å². The third kappa shape index (κ3) is 2.96. The molecule has 0 radical (unpaired) electrons.